The number of hydrogen-bond donors (Lipinski definition) is 0. The molecule has 2 aromatic rings. The Labute approximate surface area is 121 Å². The van der Waals surface area contributed by atoms with E-state index in [1.807, 2.05) is 36.4 Å². The zero-order valence-corrected chi connectivity index (χ0v) is 12.4. The molecule has 20 heavy (non-hydrogen) atoms. The Kier molecular flexibility index (Phi) is 4.94. The van der Waals surface area contributed by atoms with Crippen LogP contribution < -0.4 is 0 Å². The van der Waals surface area contributed by atoms with Gasteiger partial charge in [0.2, 0.25) is 0 Å². The van der Waals surface area contributed by atoms with Crippen LogP contribution in [0.4, 0.5) is 0 Å². The van der Waals surface area contributed by atoms with E-state index in [1.165, 1.54) is 11.1 Å². The molecular weight excluding hydrogens is 248 g/mol. The van der Waals surface area contributed by atoms with E-state index in [-0.39, 0.29) is 11.7 Å². The van der Waals surface area contributed by atoms with E-state index >= 15 is 0 Å². The molecule has 106 valence electrons. The molecule has 0 bridgehead atoms. The summed E-state index contributed by atoms with van der Waals surface area (Å²) in [4.78, 5) is 0. The fourth-order valence-corrected chi connectivity index (χ4v) is 2.47. The fraction of sp³-hybridized carbons (Fsp3) is 0.333. The summed E-state index contributed by atoms with van der Waals surface area (Å²) in [7, 11) is 3.50. The third-order valence-electron chi connectivity index (χ3n) is 3.87. The maximum Gasteiger partial charge on any atom is 0.0927 e. The largest absolute Gasteiger partial charge is 0.377 e. The van der Waals surface area contributed by atoms with Gasteiger partial charge < -0.3 is 9.47 Å². The Morgan fingerprint density at radius 2 is 1.45 bits per heavy atom. The summed E-state index contributed by atoms with van der Waals surface area (Å²) in [5.74, 6) is 0. The van der Waals surface area contributed by atoms with Crippen LogP contribution in [0.3, 0.4) is 0 Å². The SMILES string of the molecule is COC(CC(C)(OC)c1ccccc1)c1ccccc1. The van der Waals surface area contributed by atoms with Crippen LogP contribution >= 0.6 is 0 Å². The Balaban J connectivity index is 2.24. The van der Waals surface area contributed by atoms with Gasteiger partial charge in [-0.25, -0.2) is 0 Å². The molecule has 2 heteroatoms. The minimum absolute atomic E-state index is 0.0151. The highest BCUT2D eigenvalue weighted by molar-refractivity contribution is 5.24. The lowest BCUT2D eigenvalue weighted by atomic mass is 9.87. The molecule has 0 N–H and O–H groups in total. The molecule has 0 amide bonds. The Morgan fingerprint density at radius 1 is 0.900 bits per heavy atom. The van der Waals surface area contributed by atoms with Gasteiger partial charge in [-0.15, -0.1) is 0 Å². The molecular formula is C18H22O2. The van der Waals surface area contributed by atoms with E-state index < -0.39 is 0 Å². The van der Waals surface area contributed by atoms with Crippen molar-refractivity contribution in [1.29, 1.82) is 0 Å². The molecule has 2 atom stereocenters. The third-order valence-corrected chi connectivity index (χ3v) is 3.87. The molecule has 0 aromatic heterocycles. The highest BCUT2D eigenvalue weighted by Gasteiger charge is 2.30. The van der Waals surface area contributed by atoms with Crippen LogP contribution in [0.5, 0.6) is 0 Å². The first-order valence-corrected chi connectivity index (χ1v) is 6.88. The minimum atomic E-state index is -0.363. The van der Waals surface area contributed by atoms with Crippen LogP contribution in [0.25, 0.3) is 0 Å². The molecule has 0 fully saturated rings. The van der Waals surface area contributed by atoms with Gasteiger partial charge in [0.15, 0.2) is 0 Å². The topological polar surface area (TPSA) is 18.5 Å². The first-order chi connectivity index (χ1) is 9.69. The number of benzene rings is 2. The lowest BCUT2D eigenvalue weighted by molar-refractivity contribution is -0.0492. The van der Waals surface area contributed by atoms with E-state index in [9.17, 15) is 0 Å². The van der Waals surface area contributed by atoms with Crippen molar-refractivity contribution in [2.45, 2.75) is 25.0 Å². The van der Waals surface area contributed by atoms with Gasteiger partial charge in [-0.1, -0.05) is 60.7 Å². The number of ether oxygens (including phenoxy) is 2. The number of rotatable bonds is 6. The second kappa shape index (κ2) is 6.69. The maximum atomic E-state index is 5.80. The van der Waals surface area contributed by atoms with E-state index in [4.69, 9.17) is 9.47 Å². The van der Waals surface area contributed by atoms with Crippen molar-refractivity contribution in [1.82, 2.24) is 0 Å². The molecule has 0 saturated heterocycles. The van der Waals surface area contributed by atoms with Crippen molar-refractivity contribution in [2.24, 2.45) is 0 Å². The zero-order valence-electron chi connectivity index (χ0n) is 12.4. The molecule has 2 rings (SSSR count). The molecule has 0 aliphatic heterocycles. The summed E-state index contributed by atoms with van der Waals surface area (Å²) in [5, 5.41) is 0. The van der Waals surface area contributed by atoms with Gasteiger partial charge in [-0.05, 0) is 18.1 Å². The van der Waals surface area contributed by atoms with E-state index in [0.29, 0.717) is 0 Å². The molecule has 0 aliphatic carbocycles. The van der Waals surface area contributed by atoms with E-state index in [0.717, 1.165) is 6.42 Å². The lowest BCUT2D eigenvalue weighted by Crippen LogP contribution is -2.27. The standard InChI is InChI=1S/C18H22O2/c1-18(20-3,16-12-8-5-9-13-16)14-17(19-2)15-10-6-4-7-11-15/h4-13,17H,14H2,1-3H3. The molecule has 0 saturated carbocycles. The van der Waals surface area contributed by atoms with Crippen LogP contribution in [0.15, 0.2) is 60.7 Å². The average Bonchev–Trinajstić information content (AvgIpc) is 2.54. The van der Waals surface area contributed by atoms with Crippen molar-refractivity contribution < 1.29 is 9.47 Å². The Hall–Kier alpha value is -1.64. The second-order valence-electron chi connectivity index (χ2n) is 5.14. The van der Waals surface area contributed by atoms with Gasteiger partial charge >= 0.3 is 0 Å². The Morgan fingerprint density at radius 3 is 1.95 bits per heavy atom. The van der Waals surface area contributed by atoms with Crippen LogP contribution in [0.2, 0.25) is 0 Å². The number of hydrogen-bond acceptors (Lipinski definition) is 2. The summed E-state index contributed by atoms with van der Waals surface area (Å²) in [5.41, 5.74) is 1.98. The minimum Gasteiger partial charge on any atom is -0.377 e. The summed E-state index contributed by atoms with van der Waals surface area (Å²) < 4.78 is 11.5. The van der Waals surface area contributed by atoms with Crippen LogP contribution in [-0.4, -0.2) is 14.2 Å². The van der Waals surface area contributed by atoms with E-state index in [1.54, 1.807) is 14.2 Å². The molecule has 0 spiro atoms. The van der Waals surface area contributed by atoms with Crippen LogP contribution in [-0.2, 0) is 15.1 Å². The monoisotopic (exact) mass is 270 g/mol. The lowest BCUT2D eigenvalue weighted by Gasteiger charge is -2.32. The fourth-order valence-electron chi connectivity index (χ4n) is 2.47. The van der Waals surface area contributed by atoms with E-state index in [2.05, 4.69) is 31.2 Å². The van der Waals surface area contributed by atoms with Crippen molar-refractivity contribution in [2.75, 3.05) is 14.2 Å². The molecule has 0 aliphatic rings. The smallest absolute Gasteiger partial charge is 0.0927 e. The molecule has 0 radical (unpaired) electrons. The summed E-state index contributed by atoms with van der Waals surface area (Å²) in [6, 6.07) is 20.6. The second-order valence-corrected chi connectivity index (χ2v) is 5.14. The normalized spacial score (nSPS) is 15.6. The molecule has 0 heterocycles. The summed E-state index contributed by atoms with van der Waals surface area (Å²) >= 11 is 0. The first kappa shape index (κ1) is 14.8. The van der Waals surface area contributed by atoms with Crippen molar-refractivity contribution in [3.63, 3.8) is 0 Å². The third kappa shape index (κ3) is 3.27. The van der Waals surface area contributed by atoms with Gasteiger partial charge in [-0.3, -0.25) is 0 Å². The van der Waals surface area contributed by atoms with Gasteiger partial charge in [-0.2, -0.15) is 0 Å². The van der Waals surface area contributed by atoms with Crippen LogP contribution in [0.1, 0.15) is 30.6 Å². The predicted octanol–water partition coefficient (Wildman–Crippen LogP) is 4.33. The maximum absolute atomic E-state index is 5.80. The first-order valence-electron chi connectivity index (χ1n) is 6.88. The van der Waals surface area contributed by atoms with Gasteiger partial charge in [0.25, 0.3) is 0 Å². The summed E-state index contributed by atoms with van der Waals surface area (Å²) in [6.45, 7) is 2.11. The highest BCUT2D eigenvalue weighted by atomic mass is 16.5. The van der Waals surface area contributed by atoms with Crippen LogP contribution in [0, 0.1) is 0 Å². The van der Waals surface area contributed by atoms with Crippen molar-refractivity contribution >= 4 is 0 Å². The van der Waals surface area contributed by atoms with Gasteiger partial charge in [0.05, 0.1) is 11.7 Å². The molecule has 2 aromatic carbocycles. The average molecular weight is 270 g/mol. The highest BCUT2D eigenvalue weighted by Crippen LogP contribution is 2.36. The Bertz CT molecular complexity index is 509. The van der Waals surface area contributed by atoms with Gasteiger partial charge in [0.1, 0.15) is 0 Å². The van der Waals surface area contributed by atoms with Crippen molar-refractivity contribution in [3.8, 4) is 0 Å². The molecule has 2 unspecified atom stereocenters. The number of methoxy groups -OCH3 is 2. The predicted molar refractivity (Wildman–Crippen MR) is 81.6 cm³/mol. The van der Waals surface area contributed by atoms with Gasteiger partial charge in [0, 0.05) is 20.6 Å². The quantitative estimate of drug-likeness (QED) is 0.778. The van der Waals surface area contributed by atoms with Crippen molar-refractivity contribution in [3.05, 3.63) is 71.8 Å². The zero-order chi connectivity index (χ0) is 14.4. The summed E-state index contributed by atoms with van der Waals surface area (Å²) in [6.07, 6.45) is 0.787. The molecule has 2 nitrogen and oxygen atoms in total.